The summed E-state index contributed by atoms with van der Waals surface area (Å²) in [7, 11) is 0. The van der Waals surface area contributed by atoms with Gasteiger partial charge in [-0.1, -0.05) is 83.8 Å². The number of benzene rings is 3. The molecule has 30 heavy (non-hydrogen) atoms. The van der Waals surface area contributed by atoms with E-state index in [9.17, 15) is 4.79 Å². The molecule has 2 aromatic heterocycles. The molecule has 7 heteroatoms. The summed E-state index contributed by atoms with van der Waals surface area (Å²) in [5.41, 5.74) is 2.41. The first kappa shape index (κ1) is 18.8. The van der Waals surface area contributed by atoms with Gasteiger partial charge in [0.15, 0.2) is 4.34 Å². The SMILES string of the molecule is O=c1cc(CSc2nnc(NCc3ccccc3)s2)c2c(ccc3ccccc32)o1. The molecule has 0 fully saturated rings. The van der Waals surface area contributed by atoms with Gasteiger partial charge in [0.2, 0.25) is 5.13 Å². The zero-order chi connectivity index (χ0) is 20.3. The predicted molar refractivity (Wildman–Crippen MR) is 123 cm³/mol. The molecule has 5 rings (SSSR count). The highest BCUT2D eigenvalue weighted by Gasteiger charge is 2.12. The lowest BCUT2D eigenvalue weighted by Gasteiger charge is -2.07. The summed E-state index contributed by atoms with van der Waals surface area (Å²) in [6, 6.07) is 23.7. The predicted octanol–water partition coefficient (Wildman–Crippen LogP) is 5.70. The zero-order valence-electron chi connectivity index (χ0n) is 15.9. The number of fused-ring (bicyclic) bond motifs is 3. The van der Waals surface area contributed by atoms with E-state index in [2.05, 4.69) is 39.8 Å². The Bertz CT molecular complexity index is 1380. The Kier molecular flexibility index (Phi) is 5.21. The van der Waals surface area contributed by atoms with Crippen molar-refractivity contribution in [1.29, 1.82) is 0 Å². The van der Waals surface area contributed by atoms with Crippen molar-refractivity contribution >= 4 is 50.0 Å². The van der Waals surface area contributed by atoms with Crippen molar-refractivity contribution in [2.45, 2.75) is 16.6 Å². The molecule has 0 amide bonds. The molecule has 0 aliphatic rings. The van der Waals surface area contributed by atoms with E-state index in [-0.39, 0.29) is 5.63 Å². The van der Waals surface area contributed by atoms with E-state index in [1.54, 1.807) is 17.8 Å². The van der Waals surface area contributed by atoms with Gasteiger partial charge < -0.3 is 9.73 Å². The van der Waals surface area contributed by atoms with Gasteiger partial charge in [-0.15, -0.1) is 10.2 Å². The van der Waals surface area contributed by atoms with Crippen molar-refractivity contribution in [3.05, 3.63) is 94.3 Å². The number of aromatic nitrogens is 2. The molecule has 3 aromatic carbocycles. The van der Waals surface area contributed by atoms with Crippen molar-refractivity contribution in [2.75, 3.05) is 5.32 Å². The standard InChI is InChI=1S/C23H17N3O2S2/c27-20-12-17(21-18-9-5-4-8-16(18)10-11-19(21)28-20)14-29-23-26-25-22(30-23)24-13-15-6-2-1-3-7-15/h1-12H,13-14H2,(H,24,25). The van der Waals surface area contributed by atoms with Gasteiger partial charge in [0.05, 0.1) is 0 Å². The number of thioether (sulfide) groups is 1. The van der Waals surface area contributed by atoms with Crippen molar-refractivity contribution in [1.82, 2.24) is 10.2 Å². The lowest BCUT2D eigenvalue weighted by molar-refractivity contribution is 0.560. The third-order valence-corrected chi connectivity index (χ3v) is 6.82. The van der Waals surface area contributed by atoms with Gasteiger partial charge in [-0.3, -0.25) is 0 Å². The van der Waals surface area contributed by atoms with E-state index < -0.39 is 0 Å². The maximum Gasteiger partial charge on any atom is 0.336 e. The highest BCUT2D eigenvalue weighted by atomic mass is 32.2. The van der Waals surface area contributed by atoms with Crippen molar-refractivity contribution in [3.8, 4) is 0 Å². The minimum atomic E-state index is -0.337. The van der Waals surface area contributed by atoms with E-state index >= 15 is 0 Å². The van der Waals surface area contributed by atoms with Gasteiger partial charge in [-0.2, -0.15) is 0 Å². The largest absolute Gasteiger partial charge is 0.423 e. The molecule has 2 heterocycles. The summed E-state index contributed by atoms with van der Waals surface area (Å²) in [4.78, 5) is 12.1. The van der Waals surface area contributed by atoms with Crippen LogP contribution >= 0.6 is 23.1 Å². The molecule has 0 saturated carbocycles. The number of nitrogens with zero attached hydrogens (tertiary/aromatic N) is 2. The van der Waals surface area contributed by atoms with Crippen LogP contribution in [0, 0.1) is 0 Å². The smallest absolute Gasteiger partial charge is 0.336 e. The van der Waals surface area contributed by atoms with Gasteiger partial charge in [-0.25, -0.2) is 4.79 Å². The minimum Gasteiger partial charge on any atom is -0.423 e. The molecule has 5 nitrogen and oxygen atoms in total. The van der Waals surface area contributed by atoms with E-state index in [0.29, 0.717) is 17.9 Å². The highest BCUT2D eigenvalue weighted by Crippen LogP contribution is 2.33. The van der Waals surface area contributed by atoms with Crippen LogP contribution in [0.5, 0.6) is 0 Å². The van der Waals surface area contributed by atoms with Crippen molar-refractivity contribution in [3.63, 3.8) is 0 Å². The van der Waals surface area contributed by atoms with Gasteiger partial charge in [0.25, 0.3) is 0 Å². The van der Waals surface area contributed by atoms with Crippen molar-refractivity contribution in [2.24, 2.45) is 0 Å². The van der Waals surface area contributed by atoms with Gasteiger partial charge in [0, 0.05) is 23.8 Å². The average molecular weight is 432 g/mol. The maximum absolute atomic E-state index is 12.1. The van der Waals surface area contributed by atoms with Crippen LogP contribution in [0.15, 0.2) is 86.3 Å². The Morgan fingerprint density at radius 3 is 2.70 bits per heavy atom. The van der Waals surface area contributed by atoms with Crippen LogP contribution in [0.25, 0.3) is 21.7 Å². The van der Waals surface area contributed by atoms with E-state index in [1.807, 2.05) is 42.5 Å². The van der Waals surface area contributed by atoms with Crippen LogP contribution < -0.4 is 10.9 Å². The summed E-state index contributed by atoms with van der Waals surface area (Å²) in [6.07, 6.45) is 0. The number of anilines is 1. The van der Waals surface area contributed by atoms with Gasteiger partial charge in [-0.05, 0) is 28.0 Å². The topological polar surface area (TPSA) is 68.0 Å². The highest BCUT2D eigenvalue weighted by molar-refractivity contribution is 8.00. The molecular weight excluding hydrogens is 414 g/mol. The Labute approximate surface area is 180 Å². The first-order chi connectivity index (χ1) is 14.8. The van der Waals surface area contributed by atoms with Gasteiger partial charge >= 0.3 is 5.63 Å². The second-order valence-corrected chi connectivity index (χ2v) is 8.95. The summed E-state index contributed by atoms with van der Waals surface area (Å²) in [6.45, 7) is 0.705. The lowest BCUT2D eigenvalue weighted by atomic mass is 10.0. The number of hydrogen-bond acceptors (Lipinski definition) is 7. The maximum atomic E-state index is 12.1. The first-order valence-corrected chi connectivity index (χ1v) is 11.2. The second kappa shape index (κ2) is 8.30. The molecule has 0 bridgehead atoms. The molecule has 0 radical (unpaired) electrons. The fraction of sp³-hybridized carbons (Fsp3) is 0.0870. The van der Waals surface area contributed by atoms with E-state index in [1.165, 1.54) is 16.9 Å². The third kappa shape index (κ3) is 3.94. The molecule has 0 aliphatic carbocycles. The Morgan fingerprint density at radius 2 is 1.80 bits per heavy atom. The van der Waals surface area contributed by atoms with Crippen LogP contribution in [-0.2, 0) is 12.3 Å². The van der Waals surface area contributed by atoms with Gasteiger partial charge in [0.1, 0.15) is 5.58 Å². The minimum absolute atomic E-state index is 0.337. The molecule has 0 atom stereocenters. The molecule has 148 valence electrons. The molecular formula is C23H17N3O2S2. The molecule has 0 spiro atoms. The number of rotatable bonds is 6. The fourth-order valence-corrected chi connectivity index (χ4v) is 5.11. The molecule has 1 N–H and O–H groups in total. The summed E-state index contributed by atoms with van der Waals surface area (Å²) in [5.74, 6) is 0.615. The Morgan fingerprint density at radius 1 is 0.967 bits per heavy atom. The number of hydrogen-bond donors (Lipinski definition) is 1. The summed E-state index contributed by atoms with van der Waals surface area (Å²) >= 11 is 3.09. The van der Waals surface area contributed by atoms with Crippen LogP contribution in [-0.4, -0.2) is 10.2 Å². The van der Waals surface area contributed by atoms with Crippen LogP contribution in [0.1, 0.15) is 11.1 Å². The van der Waals surface area contributed by atoms with E-state index in [0.717, 1.165) is 31.2 Å². The Balaban J connectivity index is 1.37. The third-order valence-electron chi connectivity index (χ3n) is 4.76. The quantitative estimate of drug-likeness (QED) is 0.211. The first-order valence-electron chi connectivity index (χ1n) is 9.45. The number of nitrogens with one attached hydrogen (secondary N) is 1. The molecule has 0 aliphatic heterocycles. The zero-order valence-corrected chi connectivity index (χ0v) is 17.5. The van der Waals surface area contributed by atoms with Crippen molar-refractivity contribution < 1.29 is 4.42 Å². The summed E-state index contributed by atoms with van der Waals surface area (Å²) in [5, 5.41) is 15.8. The molecule has 0 unspecified atom stereocenters. The van der Waals surface area contributed by atoms with Crippen LogP contribution in [0.3, 0.4) is 0 Å². The van der Waals surface area contributed by atoms with E-state index in [4.69, 9.17) is 4.42 Å². The average Bonchev–Trinajstić information content (AvgIpc) is 3.24. The molecule has 0 saturated heterocycles. The van der Waals surface area contributed by atoms with Crippen LogP contribution in [0.4, 0.5) is 5.13 Å². The summed E-state index contributed by atoms with van der Waals surface area (Å²) < 4.78 is 6.29. The second-order valence-electron chi connectivity index (χ2n) is 6.75. The van der Waals surface area contributed by atoms with Crippen LogP contribution in [0.2, 0.25) is 0 Å². The monoisotopic (exact) mass is 431 g/mol. The fourth-order valence-electron chi connectivity index (χ4n) is 3.39. The normalized spacial score (nSPS) is 11.2. The lowest BCUT2D eigenvalue weighted by Crippen LogP contribution is -2.00. The molecule has 5 aromatic rings. The Hall–Kier alpha value is -3.16.